The van der Waals surface area contributed by atoms with Crippen LogP contribution in [0.25, 0.3) is 10.6 Å². The normalized spacial score (nSPS) is 10.5. The topological polar surface area (TPSA) is 48.4 Å². The molecule has 128 valence electrons. The van der Waals surface area contributed by atoms with E-state index in [1.807, 2.05) is 29.6 Å². The van der Waals surface area contributed by atoms with Crippen molar-refractivity contribution in [1.29, 1.82) is 0 Å². The zero-order valence-electron chi connectivity index (χ0n) is 13.8. The van der Waals surface area contributed by atoms with Gasteiger partial charge in [0.15, 0.2) is 5.78 Å². The fourth-order valence-corrected chi connectivity index (χ4v) is 3.10. The van der Waals surface area contributed by atoms with Crippen LogP contribution in [-0.2, 0) is 6.61 Å². The van der Waals surface area contributed by atoms with Gasteiger partial charge in [0, 0.05) is 10.9 Å². The number of benzene rings is 2. The Balaban J connectivity index is 1.73. The summed E-state index contributed by atoms with van der Waals surface area (Å²) in [4.78, 5) is 16.1. The van der Waals surface area contributed by atoms with Gasteiger partial charge in [-0.3, -0.25) is 4.79 Å². The molecule has 0 unspecified atom stereocenters. The molecular formula is C19H16FNO3S. The molecular weight excluding hydrogens is 341 g/mol. The first-order valence-electron chi connectivity index (χ1n) is 7.59. The van der Waals surface area contributed by atoms with E-state index in [9.17, 15) is 9.18 Å². The SMILES string of the molecule is COc1ccc(-c2nc(COc3ccc(F)cc3C(C)=O)cs2)cc1. The van der Waals surface area contributed by atoms with Gasteiger partial charge < -0.3 is 9.47 Å². The zero-order valence-corrected chi connectivity index (χ0v) is 14.6. The van der Waals surface area contributed by atoms with Crippen molar-refractivity contribution < 1.29 is 18.7 Å². The predicted molar refractivity (Wildman–Crippen MR) is 94.8 cm³/mol. The minimum Gasteiger partial charge on any atom is -0.497 e. The van der Waals surface area contributed by atoms with E-state index in [4.69, 9.17) is 9.47 Å². The average Bonchev–Trinajstić information content (AvgIpc) is 3.09. The molecule has 0 aliphatic heterocycles. The van der Waals surface area contributed by atoms with Gasteiger partial charge in [-0.1, -0.05) is 0 Å². The quantitative estimate of drug-likeness (QED) is 0.598. The molecule has 2 aromatic carbocycles. The smallest absolute Gasteiger partial charge is 0.163 e. The number of aromatic nitrogens is 1. The summed E-state index contributed by atoms with van der Waals surface area (Å²) >= 11 is 1.51. The van der Waals surface area contributed by atoms with Gasteiger partial charge in [-0.2, -0.15) is 0 Å². The van der Waals surface area contributed by atoms with Gasteiger partial charge in [0.05, 0.1) is 18.4 Å². The number of ether oxygens (including phenoxy) is 2. The molecule has 0 bridgehead atoms. The summed E-state index contributed by atoms with van der Waals surface area (Å²) in [6.45, 7) is 1.59. The van der Waals surface area contributed by atoms with Crippen molar-refractivity contribution >= 4 is 17.1 Å². The summed E-state index contributed by atoms with van der Waals surface area (Å²) in [6, 6.07) is 11.6. The van der Waals surface area contributed by atoms with Crippen LogP contribution in [0.15, 0.2) is 47.8 Å². The number of hydrogen-bond acceptors (Lipinski definition) is 5. The molecule has 1 heterocycles. The van der Waals surface area contributed by atoms with Crippen LogP contribution in [-0.4, -0.2) is 17.9 Å². The van der Waals surface area contributed by atoms with E-state index >= 15 is 0 Å². The molecule has 0 saturated carbocycles. The Kier molecular flexibility index (Phi) is 5.09. The average molecular weight is 357 g/mol. The Morgan fingerprint density at radius 1 is 1.20 bits per heavy atom. The Hall–Kier alpha value is -2.73. The maximum absolute atomic E-state index is 13.3. The first-order valence-corrected chi connectivity index (χ1v) is 8.47. The lowest BCUT2D eigenvalue weighted by molar-refractivity contribution is 0.101. The third kappa shape index (κ3) is 4.03. The van der Waals surface area contributed by atoms with Crippen LogP contribution in [0, 0.1) is 5.82 Å². The van der Waals surface area contributed by atoms with Crippen LogP contribution in [0.5, 0.6) is 11.5 Å². The number of carbonyl (C=O) groups is 1. The van der Waals surface area contributed by atoms with Crippen molar-refractivity contribution in [2.45, 2.75) is 13.5 Å². The molecule has 0 N–H and O–H groups in total. The molecule has 0 radical (unpaired) electrons. The first-order chi connectivity index (χ1) is 12.1. The van der Waals surface area contributed by atoms with E-state index in [0.29, 0.717) is 5.75 Å². The summed E-state index contributed by atoms with van der Waals surface area (Å²) < 4.78 is 24.1. The second-order valence-electron chi connectivity index (χ2n) is 5.36. The number of carbonyl (C=O) groups excluding carboxylic acids is 1. The lowest BCUT2D eigenvalue weighted by atomic mass is 10.1. The first kappa shape index (κ1) is 17.1. The molecule has 3 rings (SSSR count). The maximum atomic E-state index is 13.3. The van der Waals surface area contributed by atoms with Crippen molar-refractivity contribution in [3.63, 3.8) is 0 Å². The monoisotopic (exact) mass is 357 g/mol. The highest BCUT2D eigenvalue weighted by atomic mass is 32.1. The van der Waals surface area contributed by atoms with E-state index in [2.05, 4.69) is 4.98 Å². The van der Waals surface area contributed by atoms with Crippen LogP contribution in [0.1, 0.15) is 23.0 Å². The van der Waals surface area contributed by atoms with Crippen LogP contribution in [0.2, 0.25) is 0 Å². The van der Waals surface area contributed by atoms with E-state index in [1.54, 1.807) is 7.11 Å². The molecule has 1 aromatic heterocycles. The van der Waals surface area contributed by atoms with Crippen LogP contribution >= 0.6 is 11.3 Å². The number of ketones is 1. The largest absolute Gasteiger partial charge is 0.497 e. The third-order valence-electron chi connectivity index (χ3n) is 3.59. The number of nitrogens with zero attached hydrogens (tertiary/aromatic N) is 1. The van der Waals surface area contributed by atoms with Crippen LogP contribution < -0.4 is 9.47 Å². The van der Waals surface area contributed by atoms with E-state index in [-0.39, 0.29) is 18.0 Å². The minimum atomic E-state index is -0.465. The van der Waals surface area contributed by atoms with Gasteiger partial charge in [0.2, 0.25) is 0 Å². The molecule has 4 nitrogen and oxygen atoms in total. The van der Waals surface area contributed by atoms with Crippen molar-refractivity contribution in [1.82, 2.24) is 4.98 Å². The minimum absolute atomic E-state index is 0.207. The second kappa shape index (κ2) is 7.44. The summed E-state index contributed by atoms with van der Waals surface area (Å²) in [5, 5.41) is 2.77. The van der Waals surface area contributed by atoms with Crippen LogP contribution in [0.3, 0.4) is 0 Å². The molecule has 6 heteroatoms. The number of rotatable bonds is 6. The predicted octanol–water partition coefficient (Wildman–Crippen LogP) is 4.74. The van der Waals surface area contributed by atoms with Crippen molar-refractivity contribution in [2.75, 3.05) is 7.11 Å². The van der Waals surface area contributed by atoms with Gasteiger partial charge in [-0.05, 0) is 49.4 Å². The Morgan fingerprint density at radius 2 is 1.96 bits per heavy atom. The standard InChI is InChI=1S/C19H16FNO3S/c1-12(22)17-9-14(20)5-8-18(17)24-10-15-11-25-19(21-15)13-3-6-16(23-2)7-4-13/h3-9,11H,10H2,1-2H3. The molecule has 25 heavy (non-hydrogen) atoms. The fourth-order valence-electron chi connectivity index (χ4n) is 2.29. The number of thiazole rings is 1. The van der Waals surface area contributed by atoms with Crippen molar-refractivity contribution in [2.24, 2.45) is 0 Å². The maximum Gasteiger partial charge on any atom is 0.163 e. The van der Waals surface area contributed by atoms with Gasteiger partial charge in [-0.25, -0.2) is 9.37 Å². The van der Waals surface area contributed by atoms with Gasteiger partial charge in [-0.15, -0.1) is 11.3 Å². The zero-order chi connectivity index (χ0) is 17.8. The number of hydrogen-bond donors (Lipinski definition) is 0. The molecule has 0 amide bonds. The second-order valence-corrected chi connectivity index (χ2v) is 6.22. The third-order valence-corrected chi connectivity index (χ3v) is 4.53. The summed E-state index contributed by atoms with van der Waals surface area (Å²) in [6.07, 6.45) is 0. The molecule has 0 saturated heterocycles. The van der Waals surface area contributed by atoms with Gasteiger partial charge in [0.1, 0.15) is 28.9 Å². The molecule has 0 aliphatic carbocycles. The Morgan fingerprint density at radius 3 is 2.64 bits per heavy atom. The number of methoxy groups -OCH3 is 1. The molecule has 0 aliphatic rings. The number of Topliss-reactive ketones (excluding diaryl/α,β-unsaturated/α-hetero) is 1. The molecule has 0 spiro atoms. The van der Waals surface area contributed by atoms with Crippen molar-refractivity contribution in [3.05, 3.63) is 64.9 Å². The molecule has 0 atom stereocenters. The molecule has 3 aromatic rings. The van der Waals surface area contributed by atoms with E-state index < -0.39 is 5.82 Å². The lowest BCUT2D eigenvalue weighted by Gasteiger charge is -2.08. The fraction of sp³-hybridized carbons (Fsp3) is 0.158. The number of halogens is 1. The van der Waals surface area contributed by atoms with Crippen molar-refractivity contribution in [3.8, 4) is 22.1 Å². The van der Waals surface area contributed by atoms with E-state index in [1.165, 1.54) is 36.5 Å². The van der Waals surface area contributed by atoms with Gasteiger partial charge >= 0.3 is 0 Å². The highest BCUT2D eigenvalue weighted by Gasteiger charge is 2.11. The summed E-state index contributed by atoms with van der Waals surface area (Å²) in [7, 11) is 1.62. The Labute approximate surface area is 148 Å². The Bertz CT molecular complexity index is 890. The lowest BCUT2D eigenvalue weighted by Crippen LogP contribution is -2.02. The summed E-state index contributed by atoms with van der Waals surface area (Å²) in [5.74, 6) is 0.435. The summed E-state index contributed by atoms with van der Waals surface area (Å²) in [5.41, 5.74) is 1.96. The van der Waals surface area contributed by atoms with E-state index in [0.717, 1.165) is 22.0 Å². The highest BCUT2D eigenvalue weighted by Crippen LogP contribution is 2.27. The molecule has 0 fully saturated rings. The van der Waals surface area contributed by atoms with Gasteiger partial charge in [0.25, 0.3) is 0 Å². The highest BCUT2D eigenvalue weighted by molar-refractivity contribution is 7.13. The van der Waals surface area contributed by atoms with Crippen LogP contribution in [0.4, 0.5) is 4.39 Å².